The molecule has 35 heavy (non-hydrogen) atoms. The zero-order valence-corrected chi connectivity index (χ0v) is 21.9. The lowest BCUT2D eigenvalue weighted by molar-refractivity contribution is -0.113. The van der Waals surface area contributed by atoms with E-state index in [9.17, 15) is 13.2 Å². The maximum Gasteiger partial charge on any atom is 0.240 e. The fourth-order valence-electron chi connectivity index (χ4n) is 4.22. The first-order chi connectivity index (χ1) is 16.9. The Morgan fingerprint density at radius 1 is 1.14 bits per heavy atom. The van der Waals surface area contributed by atoms with Crippen molar-refractivity contribution in [3.63, 3.8) is 0 Å². The maximum atomic E-state index is 13.0. The van der Waals surface area contributed by atoms with E-state index in [1.54, 1.807) is 23.5 Å². The molecular weight excluding hydrogens is 502 g/mol. The Hall–Kier alpha value is -2.79. The fraction of sp³-hybridized carbons (Fsp3) is 0.280. The van der Waals surface area contributed by atoms with E-state index in [4.69, 9.17) is 9.72 Å². The van der Waals surface area contributed by atoms with Gasteiger partial charge in [-0.1, -0.05) is 19.1 Å². The highest BCUT2D eigenvalue weighted by atomic mass is 32.2. The normalized spacial score (nSPS) is 14.1. The summed E-state index contributed by atoms with van der Waals surface area (Å²) in [5.74, 6) is -0.643. The Morgan fingerprint density at radius 3 is 2.63 bits per heavy atom. The average molecular weight is 528 g/mol. The number of fused-ring (bicyclic) bond motifs is 2. The van der Waals surface area contributed by atoms with Crippen molar-refractivity contribution in [2.24, 2.45) is 0 Å². The lowest BCUT2D eigenvalue weighted by atomic mass is 10.0. The number of anilines is 1. The van der Waals surface area contributed by atoms with Gasteiger partial charge in [-0.15, -0.1) is 22.7 Å². The van der Waals surface area contributed by atoms with Crippen molar-refractivity contribution >= 4 is 53.6 Å². The van der Waals surface area contributed by atoms with E-state index in [1.165, 1.54) is 41.0 Å². The Morgan fingerprint density at radius 2 is 1.91 bits per heavy atom. The number of nitrogens with one attached hydrogen (secondary N) is 1. The van der Waals surface area contributed by atoms with E-state index in [1.807, 2.05) is 24.3 Å². The van der Waals surface area contributed by atoms with Crippen molar-refractivity contribution in [2.45, 2.75) is 24.8 Å². The summed E-state index contributed by atoms with van der Waals surface area (Å²) in [7, 11) is -2.29. The smallest absolute Gasteiger partial charge is 0.240 e. The van der Waals surface area contributed by atoms with E-state index in [0.29, 0.717) is 10.8 Å². The molecule has 7 nitrogen and oxygen atoms in total. The Balaban J connectivity index is 1.46. The van der Waals surface area contributed by atoms with Gasteiger partial charge in [-0.3, -0.25) is 9.69 Å². The van der Waals surface area contributed by atoms with Gasteiger partial charge >= 0.3 is 0 Å². The Labute approximate surface area is 212 Å². The summed E-state index contributed by atoms with van der Waals surface area (Å²) in [6.45, 7) is 4.85. The first-order valence-electron chi connectivity index (χ1n) is 11.3. The lowest BCUT2D eigenvalue weighted by Gasteiger charge is -2.25. The van der Waals surface area contributed by atoms with Crippen LogP contribution < -0.4 is 10.1 Å². The van der Waals surface area contributed by atoms with Crippen LogP contribution in [-0.4, -0.2) is 50.2 Å². The van der Waals surface area contributed by atoms with E-state index in [0.717, 1.165) is 46.8 Å². The van der Waals surface area contributed by atoms with Gasteiger partial charge in [0.1, 0.15) is 21.5 Å². The molecule has 0 spiro atoms. The Kier molecular flexibility index (Phi) is 6.63. The summed E-state index contributed by atoms with van der Waals surface area (Å²) in [4.78, 5) is 21.5. The quantitative estimate of drug-likeness (QED) is 0.371. The maximum absolute atomic E-state index is 13.0. The molecule has 0 saturated heterocycles. The predicted octanol–water partition coefficient (Wildman–Crippen LogP) is 4.82. The first kappa shape index (κ1) is 23.9. The number of amides is 1. The zero-order chi connectivity index (χ0) is 24.6. The second kappa shape index (κ2) is 9.69. The van der Waals surface area contributed by atoms with E-state index < -0.39 is 21.5 Å². The minimum atomic E-state index is -3.80. The molecule has 2 aromatic heterocycles. The monoisotopic (exact) mass is 527 g/mol. The molecule has 0 fully saturated rings. The number of thiophene rings is 1. The number of hydrogen-bond acceptors (Lipinski definition) is 8. The van der Waals surface area contributed by atoms with Crippen LogP contribution in [0.15, 0.2) is 53.4 Å². The largest absolute Gasteiger partial charge is 0.497 e. The number of nitrogens with zero attached hydrogens (tertiary/aromatic N) is 2. The van der Waals surface area contributed by atoms with Gasteiger partial charge in [-0.05, 0) is 54.9 Å². The van der Waals surface area contributed by atoms with Crippen LogP contribution in [0.25, 0.3) is 20.8 Å². The van der Waals surface area contributed by atoms with Crippen LogP contribution in [0.5, 0.6) is 5.75 Å². The van der Waals surface area contributed by atoms with Gasteiger partial charge in [0, 0.05) is 23.5 Å². The van der Waals surface area contributed by atoms with Crippen LogP contribution in [0.4, 0.5) is 5.00 Å². The van der Waals surface area contributed by atoms with Crippen LogP contribution in [0.2, 0.25) is 0 Å². The van der Waals surface area contributed by atoms with Crippen LogP contribution in [0.3, 0.4) is 0 Å². The number of methoxy groups -OCH3 is 1. The molecule has 182 valence electrons. The van der Waals surface area contributed by atoms with Crippen molar-refractivity contribution in [1.82, 2.24) is 9.88 Å². The molecule has 1 N–H and O–H groups in total. The minimum Gasteiger partial charge on any atom is -0.497 e. The van der Waals surface area contributed by atoms with E-state index in [2.05, 4.69) is 17.1 Å². The molecule has 5 rings (SSSR count). The number of sulfone groups is 1. The van der Waals surface area contributed by atoms with Crippen LogP contribution >= 0.6 is 22.7 Å². The van der Waals surface area contributed by atoms with Gasteiger partial charge in [0.05, 0.1) is 22.2 Å². The van der Waals surface area contributed by atoms with E-state index in [-0.39, 0.29) is 4.90 Å². The number of aromatic nitrogens is 1. The second-order valence-electron chi connectivity index (χ2n) is 8.30. The summed E-state index contributed by atoms with van der Waals surface area (Å²) in [5.41, 5.74) is 3.04. The number of rotatable bonds is 7. The predicted molar refractivity (Wildman–Crippen MR) is 141 cm³/mol. The second-order valence-corrected chi connectivity index (χ2v) is 12.4. The van der Waals surface area contributed by atoms with Gasteiger partial charge in [-0.2, -0.15) is 0 Å². The number of thiazole rings is 1. The number of carbonyl (C=O) groups excluding carboxylic acids is 1. The Bertz CT molecular complexity index is 1460. The summed E-state index contributed by atoms with van der Waals surface area (Å²) >= 11 is 3.11. The molecule has 1 amide bonds. The average Bonchev–Trinajstić information content (AvgIpc) is 3.43. The molecule has 1 aliphatic heterocycles. The SMILES string of the molecule is CCN1CCc2c(sc(NC(=O)CS(=O)(=O)c3ccc(OC)cc3)c2-c2nc3ccccc3s2)C1. The van der Waals surface area contributed by atoms with Crippen LogP contribution in [0.1, 0.15) is 17.4 Å². The summed E-state index contributed by atoms with van der Waals surface area (Å²) < 4.78 is 31.9. The van der Waals surface area contributed by atoms with Crippen molar-refractivity contribution < 1.29 is 17.9 Å². The summed E-state index contributed by atoms with van der Waals surface area (Å²) in [5, 5.41) is 4.43. The molecule has 0 saturated carbocycles. The van der Waals surface area contributed by atoms with Crippen molar-refractivity contribution in [1.29, 1.82) is 0 Å². The third-order valence-corrected chi connectivity index (χ3v) is 9.90. The zero-order valence-electron chi connectivity index (χ0n) is 19.4. The summed E-state index contributed by atoms with van der Waals surface area (Å²) in [6, 6.07) is 14.0. The molecule has 0 aliphatic carbocycles. The third-order valence-electron chi connectivity index (χ3n) is 6.08. The first-order valence-corrected chi connectivity index (χ1v) is 14.6. The molecule has 10 heteroatoms. The lowest BCUT2D eigenvalue weighted by Crippen LogP contribution is -2.29. The molecule has 0 radical (unpaired) electrons. The van der Waals surface area contributed by atoms with Crippen LogP contribution in [0, 0.1) is 0 Å². The molecule has 0 bridgehead atoms. The van der Waals surface area contributed by atoms with Gasteiger partial charge in [0.15, 0.2) is 9.84 Å². The number of ether oxygens (including phenoxy) is 1. The highest BCUT2D eigenvalue weighted by Crippen LogP contribution is 2.45. The molecule has 0 unspecified atom stereocenters. The number of carbonyl (C=O) groups is 1. The molecular formula is C25H25N3O4S3. The highest BCUT2D eigenvalue weighted by Gasteiger charge is 2.28. The minimum absolute atomic E-state index is 0.0870. The topological polar surface area (TPSA) is 88.6 Å². The molecule has 0 atom stereocenters. The molecule has 1 aliphatic rings. The molecule has 4 aromatic rings. The van der Waals surface area contributed by atoms with E-state index >= 15 is 0 Å². The molecule has 3 heterocycles. The number of benzene rings is 2. The number of para-hydroxylation sites is 1. The number of likely N-dealkylation sites (N-methyl/N-ethyl adjacent to an activating group) is 1. The van der Waals surface area contributed by atoms with Crippen molar-refractivity contribution in [3.8, 4) is 16.3 Å². The molecule has 2 aromatic carbocycles. The standard InChI is InChI=1S/C25H25N3O4S3/c1-3-28-13-12-18-21(14-28)34-25(23(18)24-26-19-6-4-5-7-20(19)33-24)27-22(29)15-35(30,31)17-10-8-16(32-2)9-11-17/h4-11H,3,12-15H2,1-2H3,(H,27,29). The summed E-state index contributed by atoms with van der Waals surface area (Å²) in [6.07, 6.45) is 0.866. The van der Waals surface area contributed by atoms with Crippen LogP contribution in [-0.2, 0) is 27.6 Å². The van der Waals surface area contributed by atoms with Gasteiger partial charge < -0.3 is 10.1 Å². The third kappa shape index (κ3) is 4.84. The van der Waals surface area contributed by atoms with Gasteiger partial charge in [0.2, 0.25) is 5.91 Å². The van der Waals surface area contributed by atoms with Crippen molar-refractivity contribution in [2.75, 3.05) is 31.3 Å². The van der Waals surface area contributed by atoms with Gasteiger partial charge in [0.25, 0.3) is 0 Å². The van der Waals surface area contributed by atoms with Crippen molar-refractivity contribution in [3.05, 3.63) is 59.0 Å². The number of hydrogen-bond donors (Lipinski definition) is 1. The van der Waals surface area contributed by atoms with Gasteiger partial charge in [-0.25, -0.2) is 13.4 Å². The highest BCUT2D eigenvalue weighted by molar-refractivity contribution is 7.92. The fourth-order valence-corrected chi connectivity index (χ4v) is 7.77.